The highest BCUT2D eigenvalue weighted by molar-refractivity contribution is 7.11. The second-order valence-corrected chi connectivity index (χ2v) is 7.85. The van der Waals surface area contributed by atoms with Crippen LogP contribution in [0.15, 0.2) is 23.2 Å². The van der Waals surface area contributed by atoms with Crippen molar-refractivity contribution in [1.82, 2.24) is 15.6 Å². The van der Waals surface area contributed by atoms with Gasteiger partial charge in [0, 0.05) is 24.4 Å². The van der Waals surface area contributed by atoms with Crippen molar-refractivity contribution in [2.75, 3.05) is 18.4 Å². The second-order valence-electron chi connectivity index (χ2n) is 6.15. The number of halogens is 1. The molecule has 1 amide bonds. The van der Waals surface area contributed by atoms with Crippen molar-refractivity contribution in [3.63, 3.8) is 0 Å². The van der Waals surface area contributed by atoms with Gasteiger partial charge in [0.25, 0.3) is 0 Å². The molecule has 146 valence electrons. The lowest BCUT2D eigenvalue weighted by molar-refractivity contribution is -0.116. The summed E-state index contributed by atoms with van der Waals surface area (Å²) in [6, 6.07) is 5.55. The van der Waals surface area contributed by atoms with Crippen LogP contribution in [0.25, 0.3) is 0 Å². The molecule has 1 aromatic heterocycles. The Morgan fingerprint density at radius 2 is 2.04 bits per heavy atom. The fraction of sp³-hybridized carbons (Fsp3) is 0.421. The molecular weight excluding hydrogens is 382 g/mol. The molecule has 2 aromatic rings. The zero-order valence-corrected chi connectivity index (χ0v) is 17.7. The van der Waals surface area contributed by atoms with E-state index in [0.29, 0.717) is 36.2 Å². The van der Waals surface area contributed by atoms with Gasteiger partial charge in [-0.05, 0) is 45.4 Å². The molecule has 0 spiro atoms. The third kappa shape index (κ3) is 6.84. The zero-order valence-electron chi connectivity index (χ0n) is 16.1. The minimum Gasteiger partial charge on any atom is -0.357 e. The molecule has 1 aromatic carbocycles. The van der Waals surface area contributed by atoms with Crippen LogP contribution in [0, 0.1) is 20.8 Å². The number of aliphatic imine (C=N–C) groups is 1. The quantitative estimate of drug-likeness (QED) is 0.481. The molecule has 6 nitrogen and oxygen atoms in total. The zero-order chi connectivity index (χ0) is 19.8. The Morgan fingerprint density at radius 1 is 1.26 bits per heavy atom. The van der Waals surface area contributed by atoms with Gasteiger partial charge in [-0.15, -0.1) is 11.3 Å². The Kier molecular flexibility index (Phi) is 8.06. The van der Waals surface area contributed by atoms with Crippen LogP contribution >= 0.6 is 22.9 Å². The van der Waals surface area contributed by atoms with Gasteiger partial charge in [0.15, 0.2) is 5.96 Å². The highest BCUT2D eigenvalue weighted by Gasteiger charge is 2.07. The maximum absolute atomic E-state index is 12.1. The van der Waals surface area contributed by atoms with Crippen LogP contribution in [0.3, 0.4) is 0 Å². The van der Waals surface area contributed by atoms with E-state index in [4.69, 9.17) is 11.6 Å². The second kappa shape index (κ2) is 10.3. The molecule has 27 heavy (non-hydrogen) atoms. The van der Waals surface area contributed by atoms with Crippen molar-refractivity contribution in [2.45, 2.75) is 40.7 Å². The Morgan fingerprint density at radius 3 is 2.67 bits per heavy atom. The summed E-state index contributed by atoms with van der Waals surface area (Å²) >= 11 is 7.80. The lowest BCUT2D eigenvalue weighted by Crippen LogP contribution is -2.38. The summed E-state index contributed by atoms with van der Waals surface area (Å²) in [5, 5.41) is 10.7. The summed E-state index contributed by atoms with van der Waals surface area (Å²) in [6.07, 6.45) is 0.310. The number of carbonyl (C=O) groups excluding carboxylic acids is 1. The van der Waals surface area contributed by atoms with Crippen LogP contribution in [-0.2, 0) is 11.3 Å². The number of carbonyl (C=O) groups is 1. The molecule has 0 unspecified atom stereocenters. The van der Waals surface area contributed by atoms with Crippen LogP contribution in [0.1, 0.15) is 34.5 Å². The van der Waals surface area contributed by atoms with Crippen molar-refractivity contribution in [3.05, 3.63) is 44.4 Å². The normalized spacial score (nSPS) is 11.4. The number of thiazole rings is 1. The van der Waals surface area contributed by atoms with Crippen LogP contribution in [0.5, 0.6) is 0 Å². The molecule has 0 saturated carbocycles. The third-order valence-electron chi connectivity index (χ3n) is 3.83. The first kappa shape index (κ1) is 21.2. The van der Waals surface area contributed by atoms with E-state index < -0.39 is 0 Å². The van der Waals surface area contributed by atoms with E-state index in [-0.39, 0.29) is 5.91 Å². The van der Waals surface area contributed by atoms with Gasteiger partial charge in [-0.2, -0.15) is 0 Å². The Bertz CT molecular complexity index is 799. The molecule has 2 rings (SSSR count). The fourth-order valence-electron chi connectivity index (χ4n) is 2.32. The van der Waals surface area contributed by atoms with E-state index in [2.05, 4.69) is 32.9 Å². The van der Waals surface area contributed by atoms with Crippen molar-refractivity contribution in [3.8, 4) is 0 Å². The molecule has 0 saturated heterocycles. The van der Waals surface area contributed by atoms with Gasteiger partial charge in [-0.3, -0.25) is 4.79 Å². The molecule has 0 fully saturated rings. The summed E-state index contributed by atoms with van der Waals surface area (Å²) < 4.78 is 0. The summed E-state index contributed by atoms with van der Waals surface area (Å²) in [5.74, 6) is 0.569. The topological polar surface area (TPSA) is 78.4 Å². The molecule has 8 heteroatoms. The number of benzene rings is 1. The number of amides is 1. The lowest BCUT2D eigenvalue weighted by atomic mass is 10.2. The SMILES string of the molecule is CCNC(=NCc1nc(C)c(C)s1)NCCC(=O)Nc1ccc(C)cc1Cl. The first-order valence-corrected chi connectivity index (χ1v) is 10.1. The summed E-state index contributed by atoms with van der Waals surface area (Å²) in [5.41, 5.74) is 2.73. The minimum atomic E-state index is -0.102. The van der Waals surface area contributed by atoms with Crippen LogP contribution in [-0.4, -0.2) is 29.9 Å². The van der Waals surface area contributed by atoms with E-state index in [1.165, 1.54) is 4.88 Å². The number of aromatic nitrogens is 1. The van der Waals surface area contributed by atoms with Crippen molar-refractivity contribution in [2.24, 2.45) is 4.99 Å². The molecule has 0 atom stereocenters. The Hall–Kier alpha value is -2.12. The number of hydrogen-bond donors (Lipinski definition) is 3. The maximum Gasteiger partial charge on any atom is 0.226 e. The van der Waals surface area contributed by atoms with Gasteiger partial charge < -0.3 is 16.0 Å². The molecular formula is C19H26ClN5OS. The van der Waals surface area contributed by atoms with Crippen molar-refractivity contribution in [1.29, 1.82) is 0 Å². The number of guanidine groups is 1. The number of rotatable bonds is 7. The molecule has 0 radical (unpaired) electrons. The number of nitrogens with zero attached hydrogens (tertiary/aromatic N) is 2. The lowest BCUT2D eigenvalue weighted by Gasteiger charge is -2.11. The third-order valence-corrected chi connectivity index (χ3v) is 5.20. The van der Waals surface area contributed by atoms with E-state index in [1.54, 1.807) is 11.3 Å². The highest BCUT2D eigenvalue weighted by atomic mass is 35.5. The van der Waals surface area contributed by atoms with Gasteiger partial charge in [-0.25, -0.2) is 9.98 Å². The van der Waals surface area contributed by atoms with Crippen molar-refractivity contribution >= 4 is 40.5 Å². The maximum atomic E-state index is 12.1. The van der Waals surface area contributed by atoms with Gasteiger partial charge >= 0.3 is 0 Å². The molecule has 1 heterocycles. The number of anilines is 1. The Labute approximate surface area is 169 Å². The van der Waals surface area contributed by atoms with E-state index in [1.807, 2.05) is 39.0 Å². The van der Waals surface area contributed by atoms with E-state index >= 15 is 0 Å². The predicted octanol–water partition coefficient (Wildman–Crippen LogP) is 3.81. The van der Waals surface area contributed by atoms with Gasteiger partial charge in [0.1, 0.15) is 5.01 Å². The first-order chi connectivity index (χ1) is 12.9. The molecule has 0 aliphatic rings. The van der Waals surface area contributed by atoms with Gasteiger partial charge in [-0.1, -0.05) is 17.7 Å². The van der Waals surface area contributed by atoms with E-state index in [0.717, 1.165) is 22.8 Å². The molecule has 0 aliphatic carbocycles. The van der Waals surface area contributed by atoms with Crippen LogP contribution < -0.4 is 16.0 Å². The Balaban J connectivity index is 1.84. The average Bonchev–Trinajstić information content (AvgIpc) is 2.93. The van der Waals surface area contributed by atoms with Crippen LogP contribution in [0.2, 0.25) is 5.02 Å². The molecule has 0 bridgehead atoms. The standard InChI is InChI=1S/C19H26ClN5OS/c1-5-21-19(23-11-18-24-13(3)14(4)27-18)22-9-8-17(26)25-16-7-6-12(2)10-15(16)20/h6-7,10H,5,8-9,11H2,1-4H3,(H,25,26)(H2,21,22,23). The smallest absolute Gasteiger partial charge is 0.226 e. The fourth-order valence-corrected chi connectivity index (χ4v) is 3.46. The number of hydrogen-bond acceptors (Lipinski definition) is 4. The van der Waals surface area contributed by atoms with Crippen LogP contribution in [0.4, 0.5) is 5.69 Å². The molecule has 0 aliphatic heterocycles. The first-order valence-electron chi connectivity index (χ1n) is 8.90. The summed E-state index contributed by atoms with van der Waals surface area (Å²) in [4.78, 5) is 22.4. The largest absolute Gasteiger partial charge is 0.357 e. The molecule has 3 N–H and O–H groups in total. The minimum absolute atomic E-state index is 0.102. The number of nitrogens with one attached hydrogen (secondary N) is 3. The average molecular weight is 408 g/mol. The van der Waals surface area contributed by atoms with Crippen molar-refractivity contribution < 1.29 is 4.79 Å². The summed E-state index contributed by atoms with van der Waals surface area (Å²) in [7, 11) is 0. The predicted molar refractivity (Wildman–Crippen MR) is 114 cm³/mol. The van der Waals surface area contributed by atoms with Gasteiger partial charge in [0.2, 0.25) is 5.91 Å². The number of aryl methyl sites for hydroxylation is 3. The highest BCUT2D eigenvalue weighted by Crippen LogP contribution is 2.22. The van der Waals surface area contributed by atoms with E-state index in [9.17, 15) is 4.79 Å². The summed E-state index contributed by atoms with van der Waals surface area (Å²) in [6.45, 7) is 9.74. The monoisotopic (exact) mass is 407 g/mol. The van der Waals surface area contributed by atoms with Gasteiger partial charge in [0.05, 0.1) is 22.9 Å².